The van der Waals surface area contributed by atoms with E-state index in [0.717, 1.165) is 5.56 Å². The quantitative estimate of drug-likeness (QED) is 0.347. The lowest BCUT2D eigenvalue weighted by Gasteiger charge is -2.25. The minimum Gasteiger partial charge on any atom is -0.371 e. The second-order valence-corrected chi connectivity index (χ2v) is 7.57. The van der Waals surface area contributed by atoms with E-state index in [1.807, 2.05) is 44.7 Å². The predicted octanol–water partition coefficient (Wildman–Crippen LogP) is 3.45. The second kappa shape index (κ2) is 10.3. The van der Waals surface area contributed by atoms with Gasteiger partial charge >= 0.3 is 8.80 Å². The van der Waals surface area contributed by atoms with Crippen molar-refractivity contribution in [3.05, 3.63) is 41.1 Å². The molecule has 0 aliphatic carbocycles. The number of carbonyl (C=O) groups is 2. The van der Waals surface area contributed by atoms with Gasteiger partial charge in [-0.1, -0.05) is 30.3 Å². The van der Waals surface area contributed by atoms with Gasteiger partial charge in [0.15, 0.2) is 5.78 Å². The molecule has 1 aromatic carbocycles. The molecule has 0 aliphatic heterocycles. The van der Waals surface area contributed by atoms with Crippen LogP contribution in [-0.4, -0.2) is 40.2 Å². The van der Waals surface area contributed by atoms with E-state index in [0.29, 0.717) is 25.4 Å². The molecular weight excluding hydrogens is 324 g/mol. The second-order valence-electron chi connectivity index (χ2n) is 5.16. The fourth-order valence-corrected chi connectivity index (χ4v) is 4.32. The van der Waals surface area contributed by atoms with Crippen molar-refractivity contribution in [1.29, 1.82) is 0 Å². The van der Waals surface area contributed by atoms with Crippen molar-refractivity contribution in [3.8, 4) is 0 Å². The van der Waals surface area contributed by atoms with Gasteiger partial charge in [-0.2, -0.15) is 0 Å². The van der Waals surface area contributed by atoms with Crippen molar-refractivity contribution >= 4 is 26.4 Å². The van der Waals surface area contributed by atoms with Crippen molar-refractivity contribution in [3.63, 3.8) is 0 Å². The number of rotatable bonds is 11. The average molecular weight is 350 g/mol. The number of benzene rings is 1. The molecule has 0 heterocycles. The van der Waals surface area contributed by atoms with Crippen LogP contribution in [0, 0.1) is 0 Å². The zero-order valence-electron chi connectivity index (χ0n) is 14.8. The van der Waals surface area contributed by atoms with Gasteiger partial charge in [0.25, 0.3) is 0 Å². The molecule has 5 nitrogen and oxygen atoms in total. The lowest BCUT2D eigenvalue weighted by atomic mass is 10.0. The number of Topliss-reactive ketones (excluding diaryl/α,β-unsaturated/α-hetero) is 2. The van der Waals surface area contributed by atoms with Crippen LogP contribution in [0.2, 0.25) is 0 Å². The highest BCUT2D eigenvalue weighted by atomic mass is 28.4. The Labute approximate surface area is 145 Å². The van der Waals surface area contributed by atoms with Crippen LogP contribution in [0.25, 0.3) is 6.08 Å². The highest BCUT2D eigenvalue weighted by Gasteiger charge is 2.37. The summed E-state index contributed by atoms with van der Waals surface area (Å²) < 4.78 is 17.3. The van der Waals surface area contributed by atoms with Crippen LogP contribution in [0.4, 0.5) is 0 Å². The molecule has 0 saturated heterocycles. The molecule has 0 unspecified atom stereocenters. The molecule has 0 bridgehead atoms. The van der Waals surface area contributed by atoms with Gasteiger partial charge in [-0.05, 0) is 39.0 Å². The molecule has 0 radical (unpaired) electrons. The Bertz CT molecular complexity index is 548. The summed E-state index contributed by atoms with van der Waals surface area (Å²) in [6.07, 6.45) is 1.82. The lowest BCUT2D eigenvalue weighted by molar-refractivity contribution is -0.116. The first-order chi connectivity index (χ1) is 11.5. The summed E-state index contributed by atoms with van der Waals surface area (Å²) >= 11 is 0. The first-order valence-electron chi connectivity index (χ1n) is 8.20. The topological polar surface area (TPSA) is 61.8 Å². The summed E-state index contributed by atoms with van der Waals surface area (Å²) in [4.78, 5) is 22.9. The highest BCUT2D eigenvalue weighted by molar-refractivity contribution is 6.67. The van der Waals surface area contributed by atoms with Crippen LogP contribution >= 0.6 is 0 Å². The van der Waals surface area contributed by atoms with Crippen molar-refractivity contribution < 1.29 is 22.9 Å². The van der Waals surface area contributed by atoms with Crippen molar-refractivity contribution in [1.82, 2.24) is 0 Å². The van der Waals surface area contributed by atoms with Gasteiger partial charge < -0.3 is 13.3 Å². The summed E-state index contributed by atoms with van der Waals surface area (Å²) in [5, 5.41) is 0. The highest BCUT2D eigenvalue weighted by Crippen LogP contribution is 2.15. The van der Waals surface area contributed by atoms with Gasteiger partial charge in [-0.3, -0.25) is 9.59 Å². The molecule has 1 rings (SSSR count). The van der Waals surface area contributed by atoms with E-state index in [9.17, 15) is 9.59 Å². The summed E-state index contributed by atoms with van der Waals surface area (Å²) in [7, 11) is -2.83. The fraction of sp³-hybridized carbons (Fsp3) is 0.444. The van der Waals surface area contributed by atoms with E-state index in [1.165, 1.54) is 6.92 Å². The first kappa shape index (κ1) is 20.4. The predicted molar refractivity (Wildman–Crippen MR) is 95.7 cm³/mol. The third-order valence-electron chi connectivity index (χ3n) is 3.16. The number of carbonyl (C=O) groups excluding carboxylic acids is 2. The van der Waals surface area contributed by atoms with Gasteiger partial charge in [0, 0.05) is 25.4 Å². The Kier molecular flexibility index (Phi) is 8.77. The van der Waals surface area contributed by atoms with E-state index in [-0.39, 0.29) is 18.0 Å². The Morgan fingerprint density at radius 2 is 1.46 bits per heavy atom. The van der Waals surface area contributed by atoms with E-state index < -0.39 is 8.80 Å². The van der Waals surface area contributed by atoms with E-state index in [2.05, 4.69) is 0 Å². The fourth-order valence-electron chi connectivity index (χ4n) is 2.18. The zero-order chi connectivity index (χ0) is 18.0. The minimum absolute atomic E-state index is 0.0652. The zero-order valence-corrected chi connectivity index (χ0v) is 15.8. The molecule has 0 atom stereocenters. The van der Waals surface area contributed by atoms with Gasteiger partial charge in [-0.25, -0.2) is 0 Å². The normalized spacial score (nSPS) is 11.8. The molecule has 0 saturated carbocycles. The Hall–Kier alpha value is -1.60. The summed E-state index contributed by atoms with van der Waals surface area (Å²) in [5.41, 5.74) is 3.30. The minimum atomic E-state index is -2.83. The first-order valence-corrected chi connectivity index (χ1v) is 10.00. The third-order valence-corrected chi connectivity index (χ3v) is 5.81. The molecule has 0 spiro atoms. The number of ketones is 2. The Balaban J connectivity index is 2.90. The van der Waals surface area contributed by atoms with Crippen LogP contribution in [0.3, 0.4) is 0 Å². The maximum atomic E-state index is 11.8. The largest absolute Gasteiger partial charge is 0.529 e. The maximum absolute atomic E-state index is 11.8. The van der Waals surface area contributed by atoms with E-state index >= 15 is 0 Å². The number of hydrogen-bond donors (Lipinski definition) is 0. The van der Waals surface area contributed by atoms with Crippen LogP contribution in [0.5, 0.6) is 0 Å². The summed E-state index contributed by atoms with van der Waals surface area (Å²) in [6.45, 7) is 8.66. The molecule has 24 heavy (non-hydrogen) atoms. The standard InChI is InChI=1S/C18H26O5Si/c1-5-21-24(22-6-2,23-7-3)13-12-16-8-10-17(11-9-16)18(20)14-15(4)19/h8-13H,5-7,14H2,1-4H3. The van der Waals surface area contributed by atoms with Crippen molar-refractivity contribution in [2.75, 3.05) is 19.8 Å². The molecule has 0 N–H and O–H groups in total. The lowest BCUT2D eigenvalue weighted by Crippen LogP contribution is -2.44. The van der Waals surface area contributed by atoms with Crippen molar-refractivity contribution in [2.45, 2.75) is 34.1 Å². The summed E-state index contributed by atoms with van der Waals surface area (Å²) in [6, 6.07) is 7.09. The van der Waals surface area contributed by atoms with Crippen LogP contribution in [-0.2, 0) is 18.1 Å². The molecule has 6 heteroatoms. The molecule has 0 aromatic heterocycles. The Morgan fingerprint density at radius 1 is 0.958 bits per heavy atom. The summed E-state index contributed by atoms with van der Waals surface area (Å²) in [5.74, 6) is -0.301. The van der Waals surface area contributed by atoms with Crippen LogP contribution in [0.1, 0.15) is 50.0 Å². The molecule has 0 amide bonds. The van der Waals surface area contributed by atoms with E-state index in [4.69, 9.17) is 13.3 Å². The van der Waals surface area contributed by atoms with Gasteiger partial charge in [0.2, 0.25) is 0 Å². The Morgan fingerprint density at radius 3 is 1.88 bits per heavy atom. The molecule has 0 fully saturated rings. The SMILES string of the molecule is CCO[Si](C=Cc1ccc(C(=O)CC(C)=O)cc1)(OCC)OCC. The number of hydrogen-bond acceptors (Lipinski definition) is 5. The average Bonchev–Trinajstić information content (AvgIpc) is 2.53. The monoisotopic (exact) mass is 350 g/mol. The van der Waals surface area contributed by atoms with Crippen LogP contribution in [0.15, 0.2) is 30.0 Å². The smallest absolute Gasteiger partial charge is 0.371 e. The maximum Gasteiger partial charge on any atom is 0.529 e. The molecule has 1 aromatic rings. The third kappa shape index (κ3) is 6.49. The van der Waals surface area contributed by atoms with E-state index in [1.54, 1.807) is 12.1 Å². The van der Waals surface area contributed by atoms with Gasteiger partial charge in [-0.15, -0.1) is 0 Å². The van der Waals surface area contributed by atoms with Gasteiger partial charge in [0.1, 0.15) is 5.78 Å². The van der Waals surface area contributed by atoms with Gasteiger partial charge in [0.05, 0.1) is 6.42 Å². The molecule has 0 aliphatic rings. The van der Waals surface area contributed by atoms with Crippen LogP contribution < -0.4 is 0 Å². The van der Waals surface area contributed by atoms with Crippen molar-refractivity contribution in [2.24, 2.45) is 0 Å². The molecule has 132 valence electrons. The molecular formula is C18H26O5Si.